The van der Waals surface area contributed by atoms with Crippen molar-refractivity contribution >= 4 is 17.6 Å². The number of benzene rings is 1. The standard InChI is InChI=1S/C14H9ClF3NO2/c15-11-5-8(7-19-12(11)6-13(20)21)9-3-1-2-4-10(9)14(16,17)18/h1-5,7H,6H2,(H,20,21). The van der Waals surface area contributed by atoms with Crippen LogP contribution >= 0.6 is 11.6 Å². The number of alkyl halides is 3. The second kappa shape index (κ2) is 5.73. The van der Waals surface area contributed by atoms with E-state index in [-0.39, 0.29) is 28.3 Å². The van der Waals surface area contributed by atoms with Gasteiger partial charge in [-0.2, -0.15) is 13.2 Å². The number of pyridine rings is 1. The molecule has 1 aromatic carbocycles. The SMILES string of the molecule is O=C(O)Cc1ncc(-c2ccccc2C(F)(F)F)cc1Cl. The van der Waals surface area contributed by atoms with Gasteiger partial charge in [-0.25, -0.2) is 0 Å². The van der Waals surface area contributed by atoms with Crippen LogP contribution in [0, 0.1) is 0 Å². The predicted octanol–water partition coefficient (Wildman–Crippen LogP) is 4.05. The minimum Gasteiger partial charge on any atom is -0.481 e. The Hall–Kier alpha value is -2.08. The molecular formula is C14H9ClF3NO2. The first kappa shape index (κ1) is 15.3. The van der Waals surface area contributed by atoms with E-state index in [9.17, 15) is 18.0 Å². The van der Waals surface area contributed by atoms with Gasteiger partial charge in [0.1, 0.15) is 0 Å². The third-order valence-electron chi connectivity index (χ3n) is 2.78. The maximum Gasteiger partial charge on any atom is 0.417 e. The summed E-state index contributed by atoms with van der Waals surface area (Å²) in [5.74, 6) is -1.12. The Morgan fingerprint density at radius 2 is 1.95 bits per heavy atom. The molecule has 1 heterocycles. The molecular weight excluding hydrogens is 307 g/mol. The van der Waals surface area contributed by atoms with Gasteiger partial charge in [-0.1, -0.05) is 29.8 Å². The van der Waals surface area contributed by atoms with Crippen LogP contribution in [0.2, 0.25) is 5.02 Å². The number of nitrogens with zero attached hydrogens (tertiary/aromatic N) is 1. The van der Waals surface area contributed by atoms with Crippen LogP contribution in [0.25, 0.3) is 11.1 Å². The van der Waals surface area contributed by atoms with Crippen LogP contribution in [0.1, 0.15) is 11.3 Å². The highest BCUT2D eigenvalue weighted by Gasteiger charge is 2.33. The van der Waals surface area contributed by atoms with Crippen LogP contribution in [-0.4, -0.2) is 16.1 Å². The zero-order valence-corrected chi connectivity index (χ0v) is 11.2. The largest absolute Gasteiger partial charge is 0.481 e. The summed E-state index contributed by atoms with van der Waals surface area (Å²) in [6.45, 7) is 0. The van der Waals surface area contributed by atoms with Gasteiger partial charge < -0.3 is 5.11 Å². The number of carbonyl (C=O) groups is 1. The minimum absolute atomic E-state index is 0.0203. The summed E-state index contributed by atoms with van der Waals surface area (Å²) in [4.78, 5) is 14.5. The van der Waals surface area contributed by atoms with Crippen molar-refractivity contribution in [2.45, 2.75) is 12.6 Å². The summed E-state index contributed by atoms with van der Waals surface area (Å²) < 4.78 is 38.9. The number of halogens is 4. The highest BCUT2D eigenvalue weighted by Crippen LogP contribution is 2.37. The smallest absolute Gasteiger partial charge is 0.417 e. The van der Waals surface area contributed by atoms with Crippen molar-refractivity contribution < 1.29 is 23.1 Å². The predicted molar refractivity (Wildman–Crippen MR) is 71.0 cm³/mol. The molecule has 1 N–H and O–H groups in total. The van der Waals surface area contributed by atoms with E-state index in [1.807, 2.05) is 0 Å². The fourth-order valence-corrected chi connectivity index (χ4v) is 2.10. The molecule has 0 aliphatic heterocycles. The lowest BCUT2D eigenvalue weighted by Crippen LogP contribution is -2.07. The molecule has 1 aromatic heterocycles. The van der Waals surface area contributed by atoms with Gasteiger partial charge in [0.15, 0.2) is 0 Å². The van der Waals surface area contributed by atoms with Gasteiger partial charge in [-0.15, -0.1) is 0 Å². The van der Waals surface area contributed by atoms with E-state index >= 15 is 0 Å². The van der Waals surface area contributed by atoms with E-state index in [1.54, 1.807) is 0 Å². The lowest BCUT2D eigenvalue weighted by atomic mass is 10.0. The molecule has 0 atom stereocenters. The molecule has 0 bridgehead atoms. The molecule has 0 fully saturated rings. The maximum atomic E-state index is 13.0. The number of hydrogen-bond donors (Lipinski definition) is 1. The third kappa shape index (κ3) is 3.52. The van der Waals surface area contributed by atoms with Crippen LogP contribution in [-0.2, 0) is 17.4 Å². The molecule has 0 spiro atoms. The van der Waals surface area contributed by atoms with Gasteiger partial charge in [-0.05, 0) is 17.7 Å². The molecule has 0 amide bonds. The molecule has 0 unspecified atom stereocenters. The first-order valence-corrected chi connectivity index (χ1v) is 6.19. The number of hydrogen-bond acceptors (Lipinski definition) is 2. The average molecular weight is 316 g/mol. The molecule has 0 saturated carbocycles. The van der Waals surface area contributed by atoms with Crippen LogP contribution in [0.3, 0.4) is 0 Å². The van der Waals surface area contributed by atoms with Crippen LogP contribution in [0.5, 0.6) is 0 Å². The van der Waals surface area contributed by atoms with Crippen LogP contribution in [0.15, 0.2) is 36.5 Å². The zero-order chi connectivity index (χ0) is 15.6. The Balaban J connectivity index is 2.49. The quantitative estimate of drug-likeness (QED) is 0.929. The van der Waals surface area contributed by atoms with Crippen molar-refractivity contribution in [2.24, 2.45) is 0 Å². The summed E-state index contributed by atoms with van der Waals surface area (Å²) in [5, 5.41) is 8.70. The van der Waals surface area contributed by atoms with Gasteiger partial charge >= 0.3 is 12.1 Å². The molecule has 0 aliphatic rings. The Morgan fingerprint density at radius 1 is 1.29 bits per heavy atom. The Bertz CT molecular complexity index is 686. The van der Waals surface area contributed by atoms with Gasteiger partial charge in [0, 0.05) is 11.8 Å². The molecule has 3 nitrogen and oxygen atoms in total. The third-order valence-corrected chi connectivity index (χ3v) is 3.11. The van der Waals surface area contributed by atoms with Gasteiger partial charge in [0.2, 0.25) is 0 Å². The van der Waals surface area contributed by atoms with Gasteiger partial charge in [-0.3, -0.25) is 9.78 Å². The molecule has 7 heteroatoms. The average Bonchev–Trinajstić information content (AvgIpc) is 2.40. The fourth-order valence-electron chi connectivity index (χ4n) is 1.87. The zero-order valence-electron chi connectivity index (χ0n) is 10.5. The summed E-state index contributed by atoms with van der Waals surface area (Å²) >= 11 is 5.88. The second-order valence-electron chi connectivity index (χ2n) is 4.27. The van der Waals surface area contributed by atoms with E-state index in [0.29, 0.717) is 0 Å². The Morgan fingerprint density at radius 3 is 2.52 bits per heavy atom. The lowest BCUT2D eigenvalue weighted by Gasteiger charge is -2.13. The fraction of sp³-hybridized carbons (Fsp3) is 0.143. The maximum absolute atomic E-state index is 13.0. The van der Waals surface area contributed by atoms with Crippen molar-refractivity contribution in [3.63, 3.8) is 0 Å². The molecule has 0 saturated heterocycles. The second-order valence-corrected chi connectivity index (χ2v) is 4.67. The lowest BCUT2D eigenvalue weighted by molar-refractivity contribution is -0.137. The van der Waals surface area contributed by atoms with Crippen molar-refractivity contribution in [2.75, 3.05) is 0 Å². The van der Waals surface area contributed by atoms with Crippen molar-refractivity contribution in [3.05, 3.63) is 52.8 Å². The van der Waals surface area contributed by atoms with Crippen molar-refractivity contribution in [1.82, 2.24) is 4.98 Å². The van der Waals surface area contributed by atoms with Crippen molar-refractivity contribution in [3.8, 4) is 11.1 Å². The summed E-state index contributed by atoms with van der Waals surface area (Å²) in [5.41, 5.74) is -0.561. The van der Waals surface area contributed by atoms with E-state index in [4.69, 9.17) is 16.7 Å². The molecule has 2 rings (SSSR count). The number of rotatable bonds is 3. The topological polar surface area (TPSA) is 50.2 Å². The first-order chi connectivity index (χ1) is 9.79. The Labute approximate surface area is 123 Å². The number of carboxylic acid groups (broad SMARTS) is 1. The highest BCUT2D eigenvalue weighted by atomic mass is 35.5. The molecule has 2 aromatic rings. The van der Waals surface area contributed by atoms with E-state index in [0.717, 1.165) is 6.07 Å². The Kier molecular flexibility index (Phi) is 4.18. The van der Waals surface area contributed by atoms with E-state index in [2.05, 4.69) is 4.98 Å². The van der Waals surface area contributed by atoms with Crippen molar-refractivity contribution in [1.29, 1.82) is 0 Å². The van der Waals surface area contributed by atoms with Crippen LogP contribution < -0.4 is 0 Å². The molecule has 0 radical (unpaired) electrons. The summed E-state index contributed by atoms with van der Waals surface area (Å²) in [7, 11) is 0. The van der Waals surface area contributed by atoms with Crippen LogP contribution in [0.4, 0.5) is 13.2 Å². The summed E-state index contributed by atoms with van der Waals surface area (Å²) in [6, 6.07) is 6.34. The first-order valence-electron chi connectivity index (χ1n) is 5.82. The number of aromatic nitrogens is 1. The molecule has 110 valence electrons. The number of aliphatic carboxylic acids is 1. The molecule has 21 heavy (non-hydrogen) atoms. The highest BCUT2D eigenvalue weighted by molar-refractivity contribution is 6.31. The molecule has 0 aliphatic carbocycles. The van der Waals surface area contributed by atoms with E-state index < -0.39 is 17.7 Å². The van der Waals surface area contributed by atoms with Gasteiger partial charge in [0.05, 0.1) is 22.7 Å². The van der Waals surface area contributed by atoms with E-state index in [1.165, 1.54) is 30.5 Å². The normalized spacial score (nSPS) is 11.4. The minimum atomic E-state index is -4.50. The van der Waals surface area contributed by atoms with Gasteiger partial charge in [0.25, 0.3) is 0 Å². The monoisotopic (exact) mass is 315 g/mol. The summed E-state index contributed by atoms with van der Waals surface area (Å²) in [6.07, 6.45) is -3.70. The number of carboxylic acids is 1.